The molecular formula is C24H20F2N2O3. The van der Waals surface area contributed by atoms with Gasteiger partial charge in [0.2, 0.25) is 0 Å². The Morgan fingerprint density at radius 1 is 0.903 bits per heavy atom. The predicted molar refractivity (Wildman–Crippen MR) is 112 cm³/mol. The van der Waals surface area contributed by atoms with Crippen molar-refractivity contribution in [3.8, 4) is 28.7 Å². The van der Waals surface area contributed by atoms with Crippen LogP contribution in [0.2, 0.25) is 0 Å². The molecule has 0 aliphatic carbocycles. The number of hydrogen-bond donors (Lipinski definition) is 1. The molecule has 1 amide bonds. The molecule has 3 rings (SSSR count). The number of alkyl halides is 2. The minimum Gasteiger partial charge on any atom is -0.484 e. The smallest absolute Gasteiger partial charge is 0.387 e. The van der Waals surface area contributed by atoms with Crippen LogP contribution in [-0.2, 0) is 11.2 Å². The summed E-state index contributed by atoms with van der Waals surface area (Å²) in [5, 5.41) is 11.6. The maximum atomic E-state index is 12.1. The summed E-state index contributed by atoms with van der Waals surface area (Å²) in [7, 11) is 0. The lowest BCUT2D eigenvalue weighted by atomic mass is 10.0. The molecule has 31 heavy (non-hydrogen) atoms. The zero-order valence-corrected chi connectivity index (χ0v) is 16.6. The minimum atomic E-state index is -2.85. The molecule has 1 N–H and O–H groups in total. The zero-order chi connectivity index (χ0) is 22.1. The van der Waals surface area contributed by atoms with Gasteiger partial charge in [-0.05, 0) is 59.5 Å². The third-order valence-electron chi connectivity index (χ3n) is 4.46. The number of halogens is 2. The number of benzene rings is 3. The highest BCUT2D eigenvalue weighted by atomic mass is 19.3. The minimum absolute atomic E-state index is 0.0985. The fraction of sp³-hybridized carbons (Fsp3) is 0.167. The molecule has 0 aromatic heterocycles. The van der Waals surface area contributed by atoms with Crippen LogP contribution in [0, 0.1) is 11.3 Å². The van der Waals surface area contributed by atoms with Crippen molar-refractivity contribution in [1.82, 2.24) is 5.32 Å². The second-order valence-corrected chi connectivity index (χ2v) is 6.62. The van der Waals surface area contributed by atoms with Gasteiger partial charge in [0.1, 0.15) is 11.5 Å². The van der Waals surface area contributed by atoms with E-state index in [1.54, 1.807) is 36.4 Å². The van der Waals surface area contributed by atoms with E-state index >= 15 is 0 Å². The fourth-order valence-electron chi connectivity index (χ4n) is 2.86. The Morgan fingerprint density at radius 3 is 2.06 bits per heavy atom. The number of carbonyl (C=O) groups is 1. The topological polar surface area (TPSA) is 71.3 Å². The molecule has 3 aromatic carbocycles. The van der Waals surface area contributed by atoms with Gasteiger partial charge in [-0.2, -0.15) is 14.0 Å². The van der Waals surface area contributed by atoms with Gasteiger partial charge in [0, 0.05) is 6.54 Å². The van der Waals surface area contributed by atoms with Crippen LogP contribution in [0.5, 0.6) is 11.5 Å². The highest BCUT2D eigenvalue weighted by Crippen LogP contribution is 2.22. The lowest BCUT2D eigenvalue weighted by Gasteiger charge is -2.09. The van der Waals surface area contributed by atoms with Crippen molar-refractivity contribution >= 4 is 5.91 Å². The average molecular weight is 422 g/mol. The third kappa shape index (κ3) is 6.82. The number of ether oxygens (including phenoxy) is 2. The molecule has 0 bridgehead atoms. The van der Waals surface area contributed by atoms with Crippen LogP contribution in [0.4, 0.5) is 8.78 Å². The summed E-state index contributed by atoms with van der Waals surface area (Å²) in [5.41, 5.74) is 3.46. The number of amides is 1. The Balaban J connectivity index is 1.40. The Labute approximate surface area is 178 Å². The molecule has 0 saturated heterocycles. The first-order valence-electron chi connectivity index (χ1n) is 9.57. The van der Waals surface area contributed by atoms with Crippen LogP contribution in [0.15, 0.2) is 72.8 Å². The van der Waals surface area contributed by atoms with E-state index in [-0.39, 0.29) is 18.3 Å². The number of nitriles is 1. The largest absolute Gasteiger partial charge is 0.484 e. The Hall–Kier alpha value is -3.92. The average Bonchev–Trinajstić information content (AvgIpc) is 2.79. The summed E-state index contributed by atoms with van der Waals surface area (Å²) in [6.07, 6.45) is 0.556. The first-order valence-corrected chi connectivity index (χ1v) is 9.57. The number of nitrogens with one attached hydrogen (secondary N) is 1. The molecule has 0 atom stereocenters. The number of rotatable bonds is 9. The van der Waals surface area contributed by atoms with Gasteiger partial charge < -0.3 is 14.8 Å². The molecule has 0 spiro atoms. The van der Waals surface area contributed by atoms with E-state index in [9.17, 15) is 13.6 Å². The van der Waals surface area contributed by atoms with Crippen LogP contribution in [0.25, 0.3) is 11.1 Å². The SMILES string of the molecule is N#Cc1ccc(-c2ccc(OCC(=O)NCCc3ccc(OC(F)F)cc3)cc2)cc1. The fourth-order valence-corrected chi connectivity index (χ4v) is 2.86. The van der Waals surface area contributed by atoms with Gasteiger partial charge in [-0.1, -0.05) is 36.4 Å². The molecule has 7 heteroatoms. The van der Waals surface area contributed by atoms with Crippen molar-refractivity contribution in [1.29, 1.82) is 5.26 Å². The molecule has 0 aliphatic rings. The van der Waals surface area contributed by atoms with Crippen LogP contribution >= 0.6 is 0 Å². The lowest BCUT2D eigenvalue weighted by molar-refractivity contribution is -0.123. The zero-order valence-electron chi connectivity index (χ0n) is 16.6. The maximum absolute atomic E-state index is 12.1. The van der Waals surface area contributed by atoms with Gasteiger partial charge in [0.25, 0.3) is 5.91 Å². The second kappa shape index (κ2) is 10.7. The Morgan fingerprint density at radius 2 is 1.48 bits per heavy atom. The van der Waals surface area contributed by atoms with Gasteiger partial charge >= 0.3 is 6.61 Å². The van der Waals surface area contributed by atoms with Gasteiger partial charge in [0.15, 0.2) is 6.61 Å². The molecule has 0 aliphatic heterocycles. The molecule has 3 aromatic rings. The van der Waals surface area contributed by atoms with Gasteiger partial charge in [-0.15, -0.1) is 0 Å². The number of nitrogens with zero attached hydrogens (tertiary/aromatic N) is 1. The summed E-state index contributed by atoms with van der Waals surface area (Å²) >= 11 is 0. The van der Waals surface area contributed by atoms with E-state index in [1.807, 2.05) is 24.3 Å². The predicted octanol–water partition coefficient (Wildman–Crippen LogP) is 4.56. The van der Waals surface area contributed by atoms with E-state index in [4.69, 9.17) is 10.00 Å². The van der Waals surface area contributed by atoms with E-state index in [2.05, 4.69) is 16.1 Å². The Bertz CT molecular complexity index is 1030. The van der Waals surface area contributed by atoms with E-state index in [0.29, 0.717) is 24.3 Å². The molecule has 5 nitrogen and oxygen atoms in total. The summed E-state index contributed by atoms with van der Waals surface area (Å²) in [4.78, 5) is 12.0. The summed E-state index contributed by atoms with van der Waals surface area (Å²) < 4.78 is 34.1. The van der Waals surface area contributed by atoms with Gasteiger partial charge in [0.05, 0.1) is 11.6 Å². The molecule has 0 fully saturated rings. The Kier molecular flexibility index (Phi) is 7.55. The third-order valence-corrected chi connectivity index (χ3v) is 4.46. The first kappa shape index (κ1) is 21.8. The summed E-state index contributed by atoms with van der Waals surface area (Å²) in [5.74, 6) is 0.414. The number of hydrogen-bond acceptors (Lipinski definition) is 4. The van der Waals surface area contributed by atoms with Crippen molar-refractivity contribution in [2.75, 3.05) is 13.2 Å². The quantitative estimate of drug-likeness (QED) is 0.549. The second-order valence-electron chi connectivity index (χ2n) is 6.62. The molecule has 0 radical (unpaired) electrons. The van der Waals surface area contributed by atoms with Crippen molar-refractivity contribution in [3.05, 3.63) is 83.9 Å². The van der Waals surface area contributed by atoms with E-state index in [0.717, 1.165) is 16.7 Å². The maximum Gasteiger partial charge on any atom is 0.387 e. The highest BCUT2D eigenvalue weighted by molar-refractivity contribution is 5.77. The van der Waals surface area contributed by atoms with Crippen LogP contribution in [0.3, 0.4) is 0 Å². The summed E-state index contributed by atoms with van der Waals surface area (Å²) in [6, 6.07) is 23.0. The highest BCUT2D eigenvalue weighted by Gasteiger charge is 2.06. The summed E-state index contributed by atoms with van der Waals surface area (Å²) in [6.45, 7) is -2.57. The normalized spacial score (nSPS) is 10.4. The van der Waals surface area contributed by atoms with Crippen molar-refractivity contribution in [3.63, 3.8) is 0 Å². The van der Waals surface area contributed by atoms with Gasteiger partial charge in [-0.25, -0.2) is 0 Å². The lowest BCUT2D eigenvalue weighted by Crippen LogP contribution is -2.30. The van der Waals surface area contributed by atoms with Crippen LogP contribution in [-0.4, -0.2) is 25.7 Å². The number of carbonyl (C=O) groups excluding carboxylic acids is 1. The van der Waals surface area contributed by atoms with Gasteiger partial charge in [-0.3, -0.25) is 4.79 Å². The van der Waals surface area contributed by atoms with Crippen LogP contribution in [0.1, 0.15) is 11.1 Å². The van der Waals surface area contributed by atoms with E-state index in [1.165, 1.54) is 12.1 Å². The molecule has 0 unspecified atom stereocenters. The molecule has 0 heterocycles. The van der Waals surface area contributed by atoms with E-state index < -0.39 is 6.61 Å². The van der Waals surface area contributed by atoms with Crippen molar-refractivity contribution in [2.24, 2.45) is 0 Å². The molecule has 158 valence electrons. The molecular weight excluding hydrogens is 402 g/mol. The van der Waals surface area contributed by atoms with Crippen molar-refractivity contribution < 1.29 is 23.0 Å². The molecule has 0 saturated carbocycles. The van der Waals surface area contributed by atoms with Crippen molar-refractivity contribution in [2.45, 2.75) is 13.0 Å². The first-order chi connectivity index (χ1) is 15.0. The van der Waals surface area contributed by atoms with Crippen LogP contribution < -0.4 is 14.8 Å². The standard InChI is InChI=1S/C24H20F2N2O3/c25-24(26)31-22-9-3-17(4-10-22)13-14-28-23(29)16-30-21-11-7-20(8-12-21)19-5-1-18(15-27)2-6-19/h1-12,24H,13-14,16H2,(H,28,29). The monoisotopic (exact) mass is 422 g/mol.